The van der Waals surface area contributed by atoms with E-state index in [-0.39, 0.29) is 22.0 Å². The number of benzene rings is 2. The first kappa shape index (κ1) is 17.2. The number of carbonyl (C=O) groups is 1. The third-order valence-electron chi connectivity index (χ3n) is 4.08. The Kier molecular flexibility index (Phi) is 4.85. The first-order valence-corrected chi connectivity index (χ1v) is 8.14. The highest BCUT2D eigenvalue weighted by Crippen LogP contribution is 2.32. The van der Waals surface area contributed by atoms with Crippen molar-refractivity contribution in [3.8, 4) is 0 Å². The van der Waals surface area contributed by atoms with Crippen LogP contribution in [-0.4, -0.2) is 23.9 Å². The summed E-state index contributed by atoms with van der Waals surface area (Å²) in [6.07, 6.45) is 1.96. The molecule has 2 aromatic carbocycles. The molecule has 2 aromatic rings. The van der Waals surface area contributed by atoms with Crippen LogP contribution in [0.5, 0.6) is 0 Å². The minimum absolute atomic E-state index is 0.0778. The Morgan fingerprint density at radius 3 is 2.64 bits per heavy atom. The van der Waals surface area contributed by atoms with Crippen molar-refractivity contribution in [2.24, 2.45) is 0 Å². The number of hydrogen-bond acceptors (Lipinski definition) is 4. The number of hydrogen-bond donors (Lipinski definition) is 1. The number of anilines is 2. The molecule has 1 fully saturated rings. The lowest BCUT2D eigenvalue weighted by Gasteiger charge is -2.17. The number of rotatable bonds is 4. The molecule has 1 N–H and O–H groups in total. The molecule has 6 nitrogen and oxygen atoms in total. The van der Waals surface area contributed by atoms with Crippen LogP contribution in [0.1, 0.15) is 23.2 Å². The summed E-state index contributed by atoms with van der Waals surface area (Å²) in [7, 11) is 0. The summed E-state index contributed by atoms with van der Waals surface area (Å²) in [4.78, 5) is 25.1. The zero-order valence-electron chi connectivity index (χ0n) is 13.2. The average Bonchev–Trinajstić information content (AvgIpc) is 3.12. The SMILES string of the molecule is O=C(Nc1cccc(Cl)c1F)c1ccc(N2CCCC2)c([N+](=O)[O-])c1. The van der Waals surface area contributed by atoms with Crippen LogP contribution < -0.4 is 10.2 Å². The highest BCUT2D eigenvalue weighted by Gasteiger charge is 2.24. The Labute approximate surface area is 148 Å². The number of nitro groups is 1. The van der Waals surface area contributed by atoms with Crippen LogP contribution in [0.2, 0.25) is 5.02 Å². The average molecular weight is 364 g/mol. The number of halogens is 2. The van der Waals surface area contributed by atoms with Crippen molar-refractivity contribution in [1.82, 2.24) is 0 Å². The van der Waals surface area contributed by atoms with Gasteiger partial charge in [0.05, 0.1) is 15.6 Å². The fourth-order valence-electron chi connectivity index (χ4n) is 2.83. The first-order valence-electron chi connectivity index (χ1n) is 7.76. The second-order valence-corrected chi connectivity index (χ2v) is 6.12. The van der Waals surface area contributed by atoms with Gasteiger partial charge < -0.3 is 10.2 Å². The maximum Gasteiger partial charge on any atom is 0.293 e. The van der Waals surface area contributed by atoms with Gasteiger partial charge in [0, 0.05) is 24.7 Å². The van der Waals surface area contributed by atoms with Crippen molar-refractivity contribution in [3.05, 3.63) is 62.9 Å². The number of nitrogens with zero attached hydrogens (tertiary/aromatic N) is 2. The zero-order chi connectivity index (χ0) is 18.0. The second kappa shape index (κ2) is 7.06. The molecule has 8 heteroatoms. The molecule has 25 heavy (non-hydrogen) atoms. The quantitative estimate of drug-likeness (QED) is 0.651. The fraction of sp³-hybridized carbons (Fsp3) is 0.235. The van der Waals surface area contributed by atoms with Gasteiger partial charge in [-0.2, -0.15) is 0 Å². The minimum Gasteiger partial charge on any atom is -0.366 e. The molecule has 3 rings (SSSR count). The summed E-state index contributed by atoms with van der Waals surface area (Å²) in [5.41, 5.74) is 0.354. The maximum absolute atomic E-state index is 13.9. The fourth-order valence-corrected chi connectivity index (χ4v) is 3.01. The number of nitrogens with one attached hydrogen (secondary N) is 1. The summed E-state index contributed by atoms with van der Waals surface area (Å²) in [6, 6.07) is 8.50. The van der Waals surface area contributed by atoms with Gasteiger partial charge in [-0.3, -0.25) is 14.9 Å². The molecule has 0 aromatic heterocycles. The monoisotopic (exact) mass is 363 g/mol. The normalized spacial score (nSPS) is 13.8. The van der Waals surface area contributed by atoms with Gasteiger partial charge >= 0.3 is 0 Å². The van der Waals surface area contributed by atoms with Crippen molar-refractivity contribution in [1.29, 1.82) is 0 Å². The molecule has 1 heterocycles. The Morgan fingerprint density at radius 1 is 1.24 bits per heavy atom. The topological polar surface area (TPSA) is 75.5 Å². The zero-order valence-corrected chi connectivity index (χ0v) is 13.9. The Bertz CT molecular complexity index is 838. The van der Waals surface area contributed by atoms with Crippen molar-refractivity contribution < 1.29 is 14.1 Å². The van der Waals surface area contributed by atoms with E-state index >= 15 is 0 Å². The Hall–Kier alpha value is -2.67. The molecule has 0 spiro atoms. The molecule has 130 valence electrons. The van der Waals surface area contributed by atoms with Crippen LogP contribution in [0.25, 0.3) is 0 Å². The Morgan fingerprint density at radius 2 is 1.96 bits per heavy atom. The van der Waals surface area contributed by atoms with E-state index in [0.717, 1.165) is 25.9 Å². The van der Waals surface area contributed by atoms with Gasteiger partial charge in [-0.1, -0.05) is 17.7 Å². The van der Waals surface area contributed by atoms with Gasteiger partial charge in [-0.25, -0.2) is 4.39 Å². The van der Waals surface area contributed by atoms with Crippen LogP contribution in [0.15, 0.2) is 36.4 Å². The predicted octanol–water partition coefficient (Wildman–Crippen LogP) is 4.24. The molecule has 1 aliphatic heterocycles. The second-order valence-electron chi connectivity index (χ2n) is 5.71. The van der Waals surface area contributed by atoms with E-state index in [0.29, 0.717) is 5.69 Å². The highest BCUT2D eigenvalue weighted by atomic mass is 35.5. The maximum atomic E-state index is 13.9. The molecule has 1 aliphatic rings. The lowest BCUT2D eigenvalue weighted by molar-refractivity contribution is -0.384. The first-order chi connectivity index (χ1) is 12.0. The van der Waals surface area contributed by atoms with Gasteiger partial charge in [0.2, 0.25) is 0 Å². The van der Waals surface area contributed by atoms with Gasteiger partial charge in [-0.05, 0) is 37.1 Å². The largest absolute Gasteiger partial charge is 0.366 e. The third-order valence-corrected chi connectivity index (χ3v) is 4.37. The molecule has 1 saturated heterocycles. The van der Waals surface area contributed by atoms with E-state index < -0.39 is 16.6 Å². The Balaban J connectivity index is 1.89. The number of nitro benzene ring substituents is 1. The van der Waals surface area contributed by atoms with Gasteiger partial charge in [0.1, 0.15) is 5.69 Å². The molecule has 0 aliphatic carbocycles. The van der Waals surface area contributed by atoms with Crippen molar-refractivity contribution in [2.75, 3.05) is 23.3 Å². The van der Waals surface area contributed by atoms with E-state index in [4.69, 9.17) is 11.6 Å². The summed E-state index contributed by atoms with van der Waals surface area (Å²) in [5, 5.41) is 13.7. The van der Waals surface area contributed by atoms with Crippen molar-refractivity contribution >= 4 is 34.6 Å². The molecular formula is C17H15ClFN3O3. The van der Waals surface area contributed by atoms with E-state index in [2.05, 4.69) is 5.32 Å². The summed E-state index contributed by atoms with van der Waals surface area (Å²) < 4.78 is 13.9. The third kappa shape index (κ3) is 3.56. The molecule has 1 amide bonds. The smallest absolute Gasteiger partial charge is 0.293 e. The molecule has 0 bridgehead atoms. The van der Waals surface area contributed by atoms with Gasteiger partial charge in [0.15, 0.2) is 5.82 Å². The van der Waals surface area contributed by atoms with Crippen LogP contribution in [0.3, 0.4) is 0 Å². The predicted molar refractivity (Wildman–Crippen MR) is 93.9 cm³/mol. The van der Waals surface area contributed by atoms with Gasteiger partial charge in [0.25, 0.3) is 11.6 Å². The minimum atomic E-state index is -0.749. The number of amides is 1. The molecule has 0 saturated carbocycles. The van der Waals surface area contributed by atoms with E-state index in [1.807, 2.05) is 4.90 Å². The van der Waals surface area contributed by atoms with E-state index in [9.17, 15) is 19.3 Å². The van der Waals surface area contributed by atoms with E-state index in [1.54, 1.807) is 6.07 Å². The van der Waals surface area contributed by atoms with E-state index in [1.165, 1.54) is 30.3 Å². The standard InChI is InChI=1S/C17H15ClFN3O3/c18-12-4-3-5-13(16(12)19)20-17(23)11-6-7-14(15(10-11)22(24)25)21-8-1-2-9-21/h3-7,10H,1-2,8-9H2,(H,20,23). The van der Waals surface area contributed by atoms with Gasteiger partial charge in [-0.15, -0.1) is 0 Å². The summed E-state index contributed by atoms with van der Waals surface area (Å²) in [6.45, 7) is 1.50. The molecule has 0 unspecified atom stereocenters. The highest BCUT2D eigenvalue weighted by molar-refractivity contribution is 6.31. The van der Waals surface area contributed by atoms with Crippen molar-refractivity contribution in [2.45, 2.75) is 12.8 Å². The van der Waals surface area contributed by atoms with Crippen molar-refractivity contribution in [3.63, 3.8) is 0 Å². The van der Waals surface area contributed by atoms with Crippen LogP contribution in [0.4, 0.5) is 21.5 Å². The molecule has 0 radical (unpaired) electrons. The van der Waals surface area contributed by atoms with Crippen LogP contribution in [0, 0.1) is 15.9 Å². The summed E-state index contributed by atoms with van der Waals surface area (Å²) in [5.74, 6) is -1.39. The van der Waals surface area contributed by atoms with Crippen LogP contribution in [-0.2, 0) is 0 Å². The lowest BCUT2D eigenvalue weighted by Crippen LogP contribution is -2.20. The van der Waals surface area contributed by atoms with Crippen LogP contribution >= 0.6 is 11.6 Å². The summed E-state index contributed by atoms with van der Waals surface area (Å²) >= 11 is 5.68. The number of carbonyl (C=O) groups excluding carboxylic acids is 1. The molecule has 0 atom stereocenters. The molecular weight excluding hydrogens is 349 g/mol. The lowest BCUT2D eigenvalue weighted by atomic mass is 10.1.